The van der Waals surface area contributed by atoms with E-state index in [4.69, 9.17) is 17.0 Å². The molecule has 8 nitrogen and oxygen atoms in total. The van der Waals surface area contributed by atoms with Crippen molar-refractivity contribution in [2.75, 3.05) is 33.9 Å². The van der Waals surface area contributed by atoms with Crippen molar-refractivity contribution in [2.24, 2.45) is 0 Å². The number of amides is 3. The van der Waals surface area contributed by atoms with E-state index in [1.165, 1.54) is 5.01 Å². The van der Waals surface area contributed by atoms with Gasteiger partial charge in [-0.1, -0.05) is 18.2 Å². The summed E-state index contributed by atoms with van der Waals surface area (Å²) < 4.78 is 4.94. The number of rotatable bonds is 6. The van der Waals surface area contributed by atoms with Gasteiger partial charge in [0.1, 0.15) is 6.54 Å². The van der Waals surface area contributed by atoms with E-state index in [0.29, 0.717) is 29.4 Å². The topological polar surface area (TPSA) is 91.0 Å². The normalized spacial score (nSPS) is 13.2. The second-order valence-electron chi connectivity index (χ2n) is 5.79. The summed E-state index contributed by atoms with van der Waals surface area (Å²) in [6, 6.07) is 6.90. The third-order valence-corrected chi connectivity index (χ3v) is 4.25. The fourth-order valence-electron chi connectivity index (χ4n) is 2.51. The van der Waals surface area contributed by atoms with Crippen molar-refractivity contribution in [1.29, 1.82) is 0 Å². The van der Waals surface area contributed by atoms with E-state index in [-0.39, 0.29) is 13.0 Å². The summed E-state index contributed by atoms with van der Waals surface area (Å²) in [6.07, 6.45) is 0.874. The number of fused-ring (bicyclic) bond motifs is 1. The van der Waals surface area contributed by atoms with Gasteiger partial charge in [-0.2, -0.15) is 0 Å². The Bertz CT molecular complexity index is 710. The Balaban J connectivity index is 1.88. The van der Waals surface area contributed by atoms with Crippen LogP contribution < -0.4 is 10.7 Å². The number of nitrogens with zero attached hydrogens (tertiary/aromatic N) is 2. The standard InChI is InChI=1S/C17H22N4O4S/c1-20(17(26)18-8-5-9-25-2)19-14(22)11-21-15(23)10-12-6-3-4-7-13(12)16(21)24/h3-4,6-7H,5,8-11H2,1-2H3,(H,18,26)(H,19,22). The van der Waals surface area contributed by atoms with Crippen LogP contribution in [0.3, 0.4) is 0 Å². The smallest absolute Gasteiger partial charge is 0.261 e. The Morgan fingerprint density at radius 3 is 2.81 bits per heavy atom. The highest BCUT2D eigenvalue weighted by molar-refractivity contribution is 7.80. The van der Waals surface area contributed by atoms with Gasteiger partial charge in [0.05, 0.1) is 6.42 Å². The van der Waals surface area contributed by atoms with Crippen LogP contribution in [0.25, 0.3) is 0 Å². The number of nitrogens with one attached hydrogen (secondary N) is 2. The maximum atomic E-state index is 12.4. The predicted octanol–water partition coefficient (Wildman–Crippen LogP) is 0.0855. The van der Waals surface area contributed by atoms with E-state index in [0.717, 1.165) is 11.3 Å². The Kier molecular flexibility index (Phi) is 7.05. The molecule has 1 heterocycles. The average Bonchev–Trinajstić information content (AvgIpc) is 2.62. The first-order chi connectivity index (χ1) is 12.4. The lowest BCUT2D eigenvalue weighted by Gasteiger charge is -2.28. The number of hydrogen-bond donors (Lipinski definition) is 2. The van der Waals surface area contributed by atoms with Crippen molar-refractivity contribution in [1.82, 2.24) is 20.7 Å². The zero-order valence-electron chi connectivity index (χ0n) is 14.8. The Morgan fingerprint density at radius 2 is 2.08 bits per heavy atom. The second-order valence-corrected chi connectivity index (χ2v) is 6.18. The van der Waals surface area contributed by atoms with Gasteiger partial charge >= 0.3 is 0 Å². The molecule has 2 rings (SSSR count). The quantitative estimate of drug-likeness (QED) is 0.314. The van der Waals surface area contributed by atoms with E-state index in [1.54, 1.807) is 38.4 Å². The highest BCUT2D eigenvalue weighted by Gasteiger charge is 2.32. The molecule has 1 aliphatic heterocycles. The van der Waals surface area contributed by atoms with Crippen molar-refractivity contribution in [3.8, 4) is 0 Å². The predicted molar refractivity (Wildman–Crippen MR) is 99.2 cm³/mol. The van der Waals surface area contributed by atoms with Gasteiger partial charge in [-0.25, -0.2) is 0 Å². The van der Waals surface area contributed by atoms with Gasteiger partial charge in [0.2, 0.25) is 5.91 Å². The van der Waals surface area contributed by atoms with Gasteiger partial charge in [-0.3, -0.25) is 29.7 Å². The fourth-order valence-corrected chi connectivity index (χ4v) is 2.65. The lowest BCUT2D eigenvalue weighted by molar-refractivity contribution is -0.134. The highest BCUT2D eigenvalue weighted by atomic mass is 32.1. The summed E-state index contributed by atoms with van der Waals surface area (Å²) in [6.45, 7) is 0.849. The minimum Gasteiger partial charge on any atom is -0.385 e. The number of hydrogen-bond acceptors (Lipinski definition) is 5. The number of methoxy groups -OCH3 is 1. The first kappa shape index (κ1) is 19.8. The van der Waals surface area contributed by atoms with E-state index in [2.05, 4.69) is 10.7 Å². The van der Waals surface area contributed by atoms with Crippen molar-refractivity contribution in [3.63, 3.8) is 0 Å². The molecular weight excluding hydrogens is 356 g/mol. The maximum absolute atomic E-state index is 12.4. The molecule has 0 saturated heterocycles. The van der Waals surface area contributed by atoms with Crippen LogP contribution in [0, 0.1) is 0 Å². The molecular formula is C17H22N4O4S. The number of imide groups is 1. The van der Waals surface area contributed by atoms with Gasteiger partial charge in [-0.05, 0) is 30.3 Å². The number of carbonyl (C=O) groups is 3. The molecule has 26 heavy (non-hydrogen) atoms. The first-order valence-corrected chi connectivity index (χ1v) is 8.57. The summed E-state index contributed by atoms with van der Waals surface area (Å²) in [5.41, 5.74) is 3.67. The summed E-state index contributed by atoms with van der Waals surface area (Å²) in [5.74, 6) is -1.36. The average molecular weight is 378 g/mol. The zero-order valence-corrected chi connectivity index (χ0v) is 15.6. The van der Waals surface area contributed by atoms with Crippen LogP contribution >= 0.6 is 12.2 Å². The number of benzene rings is 1. The number of carbonyl (C=O) groups excluding carboxylic acids is 3. The summed E-state index contributed by atoms with van der Waals surface area (Å²) in [5, 5.41) is 4.65. The largest absolute Gasteiger partial charge is 0.385 e. The fraction of sp³-hybridized carbons (Fsp3) is 0.412. The molecule has 0 spiro atoms. The molecule has 9 heteroatoms. The van der Waals surface area contributed by atoms with E-state index < -0.39 is 17.7 Å². The molecule has 3 amide bonds. The molecule has 0 aromatic heterocycles. The molecule has 0 atom stereocenters. The molecule has 0 aliphatic carbocycles. The van der Waals surface area contributed by atoms with Gasteiger partial charge in [0, 0.05) is 32.9 Å². The minimum absolute atomic E-state index is 0.102. The lowest BCUT2D eigenvalue weighted by atomic mass is 9.98. The molecule has 1 aliphatic rings. The SMILES string of the molecule is COCCCNC(=S)N(C)NC(=O)CN1C(=O)Cc2ccccc2C1=O. The number of thiocarbonyl (C=S) groups is 1. The van der Waals surface area contributed by atoms with Crippen LogP contribution in [-0.2, 0) is 20.7 Å². The Morgan fingerprint density at radius 1 is 1.35 bits per heavy atom. The molecule has 0 bridgehead atoms. The van der Waals surface area contributed by atoms with Crippen LogP contribution in [-0.4, -0.2) is 66.6 Å². The first-order valence-electron chi connectivity index (χ1n) is 8.16. The second kappa shape index (κ2) is 9.25. The van der Waals surface area contributed by atoms with Crippen molar-refractivity contribution in [3.05, 3.63) is 35.4 Å². The molecule has 1 aromatic carbocycles. The third kappa shape index (κ3) is 4.99. The molecule has 1 aromatic rings. The van der Waals surface area contributed by atoms with Crippen LogP contribution in [0.15, 0.2) is 24.3 Å². The van der Waals surface area contributed by atoms with Gasteiger partial charge in [0.15, 0.2) is 5.11 Å². The zero-order chi connectivity index (χ0) is 19.1. The summed E-state index contributed by atoms with van der Waals surface area (Å²) in [4.78, 5) is 37.8. The van der Waals surface area contributed by atoms with Crippen LogP contribution in [0.5, 0.6) is 0 Å². The molecule has 140 valence electrons. The monoisotopic (exact) mass is 378 g/mol. The van der Waals surface area contributed by atoms with E-state index in [9.17, 15) is 14.4 Å². The number of hydrazine groups is 1. The van der Waals surface area contributed by atoms with Gasteiger partial charge < -0.3 is 10.1 Å². The molecule has 2 N–H and O–H groups in total. The van der Waals surface area contributed by atoms with Crippen LogP contribution in [0.4, 0.5) is 0 Å². The molecule has 0 radical (unpaired) electrons. The van der Waals surface area contributed by atoms with Crippen molar-refractivity contribution in [2.45, 2.75) is 12.8 Å². The van der Waals surface area contributed by atoms with Crippen molar-refractivity contribution >= 4 is 35.1 Å². The van der Waals surface area contributed by atoms with Gasteiger partial charge in [0.25, 0.3) is 11.8 Å². The maximum Gasteiger partial charge on any atom is 0.261 e. The van der Waals surface area contributed by atoms with Crippen LogP contribution in [0.2, 0.25) is 0 Å². The molecule has 0 unspecified atom stereocenters. The Hall–Kier alpha value is -2.52. The minimum atomic E-state index is -0.505. The van der Waals surface area contributed by atoms with E-state index >= 15 is 0 Å². The van der Waals surface area contributed by atoms with Crippen LogP contribution in [0.1, 0.15) is 22.3 Å². The van der Waals surface area contributed by atoms with E-state index in [1.807, 2.05) is 0 Å². The number of ether oxygens (including phenoxy) is 1. The Labute approximate surface area is 157 Å². The molecule has 0 saturated carbocycles. The summed E-state index contributed by atoms with van der Waals surface area (Å²) >= 11 is 5.16. The lowest BCUT2D eigenvalue weighted by Crippen LogP contribution is -2.53. The van der Waals surface area contributed by atoms with Crippen molar-refractivity contribution < 1.29 is 19.1 Å². The highest BCUT2D eigenvalue weighted by Crippen LogP contribution is 2.19. The van der Waals surface area contributed by atoms with Gasteiger partial charge in [-0.15, -0.1) is 0 Å². The molecule has 0 fully saturated rings. The summed E-state index contributed by atoms with van der Waals surface area (Å²) in [7, 11) is 3.20. The third-order valence-electron chi connectivity index (χ3n) is 3.84.